The van der Waals surface area contributed by atoms with Crippen LogP contribution in [0.2, 0.25) is 0 Å². The largest absolute Gasteiger partial charge is 0.357 e. The lowest BCUT2D eigenvalue weighted by Gasteiger charge is -1.90. The quantitative estimate of drug-likeness (QED) is 0.682. The molecule has 0 saturated heterocycles. The first-order chi connectivity index (χ1) is 5.79. The Kier molecular flexibility index (Phi) is 1.61. The molecule has 0 aliphatic carbocycles. The van der Waals surface area contributed by atoms with E-state index in [1.165, 1.54) is 11.3 Å². The minimum Gasteiger partial charge on any atom is -0.357 e. The van der Waals surface area contributed by atoms with Crippen LogP contribution in [0.4, 0.5) is 0 Å². The van der Waals surface area contributed by atoms with Crippen LogP contribution < -0.4 is 0 Å². The number of nitrogens with zero attached hydrogens (tertiary/aromatic N) is 1. The average molecular weight is 160 g/mol. The maximum Gasteiger partial charge on any atom is 0.0881 e. The zero-order valence-electron chi connectivity index (χ0n) is 7.39. The molecular weight excluding hydrogens is 148 g/mol. The highest BCUT2D eigenvalue weighted by Crippen LogP contribution is 2.13. The number of hydrogen-bond acceptors (Lipinski definition) is 1. The summed E-state index contributed by atoms with van der Waals surface area (Å²) in [6.07, 6.45) is 2.94. The van der Waals surface area contributed by atoms with E-state index < -0.39 is 0 Å². The van der Waals surface area contributed by atoms with Crippen molar-refractivity contribution >= 4 is 11.0 Å². The van der Waals surface area contributed by atoms with Crippen LogP contribution in [0.3, 0.4) is 0 Å². The van der Waals surface area contributed by atoms with Crippen LogP contribution in [0.1, 0.15) is 18.2 Å². The van der Waals surface area contributed by atoms with Crippen LogP contribution in [0, 0.1) is 6.92 Å². The van der Waals surface area contributed by atoms with Crippen molar-refractivity contribution in [3.05, 3.63) is 29.6 Å². The van der Waals surface area contributed by atoms with Gasteiger partial charge < -0.3 is 4.98 Å². The fourth-order valence-corrected chi connectivity index (χ4v) is 1.36. The maximum absolute atomic E-state index is 4.32. The molecule has 0 atom stereocenters. The Morgan fingerprint density at radius 3 is 3.00 bits per heavy atom. The summed E-state index contributed by atoms with van der Waals surface area (Å²) in [5.41, 5.74) is 4.67. The van der Waals surface area contributed by atoms with Gasteiger partial charge in [0.15, 0.2) is 0 Å². The Morgan fingerprint density at radius 2 is 2.25 bits per heavy atom. The molecule has 2 nitrogen and oxygen atoms in total. The summed E-state index contributed by atoms with van der Waals surface area (Å²) in [7, 11) is 0. The number of rotatable bonds is 1. The molecule has 2 aromatic rings. The van der Waals surface area contributed by atoms with Crippen molar-refractivity contribution in [2.75, 3.05) is 0 Å². The first-order valence-electron chi connectivity index (χ1n) is 4.24. The Hall–Kier alpha value is -1.31. The number of nitrogens with one attached hydrogen (secondary N) is 1. The van der Waals surface area contributed by atoms with Crippen LogP contribution in [-0.2, 0) is 6.42 Å². The minimum atomic E-state index is 1.04. The molecule has 0 radical (unpaired) electrons. The molecule has 0 unspecified atom stereocenters. The van der Waals surface area contributed by atoms with Crippen molar-refractivity contribution in [2.45, 2.75) is 20.3 Å². The molecule has 12 heavy (non-hydrogen) atoms. The summed E-state index contributed by atoms with van der Waals surface area (Å²) in [6.45, 7) is 4.19. The van der Waals surface area contributed by atoms with Crippen molar-refractivity contribution in [1.82, 2.24) is 9.97 Å². The van der Waals surface area contributed by atoms with E-state index in [1.807, 2.05) is 6.20 Å². The number of hydrogen-bond donors (Lipinski definition) is 1. The van der Waals surface area contributed by atoms with Gasteiger partial charge in [0.25, 0.3) is 0 Å². The lowest BCUT2D eigenvalue weighted by atomic mass is 10.3. The van der Waals surface area contributed by atoms with Gasteiger partial charge in [-0.2, -0.15) is 0 Å². The third kappa shape index (κ3) is 1.09. The molecule has 0 aromatic carbocycles. The highest BCUT2D eigenvalue weighted by atomic mass is 14.8. The van der Waals surface area contributed by atoms with Crippen LogP contribution in [-0.4, -0.2) is 9.97 Å². The molecule has 2 aromatic heterocycles. The second-order valence-corrected chi connectivity index (χ2v) is 3.09. The lowest BCUT2D eigenvalue weighted by Crippen LogP contribution is -1.77. The van der Waals surface area contributed by atoms with Crippen molar-refractivity contribution in [2.24, 2.45) is 0 Å². The first kappa shape index (κ1) is 7.35. The van der Waals surface area contributed by atoms with E-state index >= 15 is 0 Å². The Bertz CT molecular complexity index is 401. The third-order valence-corrected chi connectivity index (χ3v) is 2.04. The van der Waals surface area contributed by atoms with Crippen molar-refractivity contribution < 1.29 is 0 Å². The predicted octanol–water partition coefficient (Wildman–Crippen LogP) is 2.43. The van der Waals surface area contributed by atoms with Crippen LogP contribution in [0.15, 0.2) is 18.3 Å². The predicted molar refractivity (Wildman–Crippen MR) is 50.2 cm³/mol. The second kappa shape index (κ2) is 2.63. The highest BCUT2D eigenvalue weighted by Gasteiger charge is 1.99. The molecule has 2 heteroatoms. The van der Waals surface area contributed by atoms with Gasteiger partial charge in [-0.3, -0.25) is 4.98 Å². The zero-order chi connectivity index (χ0) is 8.55. The summed E-state index contributed by atoms with van der Waals surface area (Å²) in [5.74, 6) is 0. The van der Waals surface area contributed by atoms with Gasteiger partial charge in [0.1, 0.15) is 0 Å². The molecule has 0 spiro atoms. The number of H-pyrrole nitrogens is 1. The van der Waals surface area contributed by atoms with Gasteiger partial charge in [-0.05, 0) is 31.0 Å². The average Bonchev–Trinajstić information content (AvgIpc) is 2.46. The van der Waals surface area contributed by atoms with Crippen molar-refractivity contribution in [3.63, 3.8) is 0 Å². The van der Waals surface area contributed by atoms with Gasteiger partial charge in [0.2, 0.25) is 0 Å². The van der Waals surface area contributed by atoms with Gasteiger partial charge in [-0.1, -0.05) is 6.92 Å². The second-order valence-electron chi connectivity index (χ2n) is 3.09. The minimum absolute atomic E-state index is 1.04. The molecule has 2 rings (SSSR count). The van der Waals surface area contributed by atoms with E-state index in [4.69, 9.17) is 0 Å². The number of pyridine rings is 1. The zero-order valence-corrected chi connectivity index (χ0v) is 7.39. The topological polar surface area (TPSA) is 28.7 Å². The Labute approximate surface area is 71.6 Å². The van der Waals surface area contributed by atoms with E-state index in [0.717, 1.165) is 17.5 Å². The van der Waals surface area contributed by atoms with Crippen molar-refractivity contribution in [1.29, 1.82) is 0 Å². The maximum atomic E-state index is 4.32. The Morgan fingerprint density at radius 1 is 1.42 bits per heavy atom. The van der Waals surface area contributed by atoms with Gasteiger partial charge in [-0.25, -0.2) is 0 Å². The van der Waals surface area contributed by atoms with E-state index in [-0.39, 0.29) is 0 Å². The van der Waals surface area contributed by atoms with Gasteiger partial charge in [0.05, 0.1) is 11.0 Å². The summed E-state index contributed by atoms with van der Waals surface area (Å²) < 4.78 is 0. The van der Waals surface area contributed by atoms with Crippen molar-refractivity contribution in [3.8, 4) is 0 Å². The lowest BCUT2D eigenvalue weighted by molar-refractivity contribution is 1.07. The standard InChI is InChI=1S/C10H12N2/c1-3-8-5-9-10(12-8)4-7(2)6-11-9/h4-6,12H,3H2,1-2H3. The van der Waals surface area contributed by atoms with E-state index in [0.29, 0.717) is 0 Å². The van der Waals surface area contributed by atoms with Gasteiger partial charge in [-0.15, -0.1) is 0 Å². The van der Waals surface area contributed by atoms with Gasteiger partial charge in [0, 0.05) is 11.9 Å². The fraction of sp³-hybridized carbons (Fsp3) is 0.300. The molecule has 0 amide bonds. The molecule has 2 heterocycles. The number of aryl methyl sites for hydroxylation is 2. The van der Waals surface area contributed by atoms with Crippen LogP contribution >= 0.6 is 0 Å². The highest BCUT2D eigenvalue weighted by molar-refractivity contribution is 5.76. The van der Waals surface area contributed by atoms with Crippen LogP contribution in [0.25, 0.3) is 11.0 Å². The van der Waals surface area contributed by atoms with E-state index in [1.54, 1.807) is 0 Å². The smallest absolute Gasteiger partial charge is 0.0881 e. The van der Waals surface area contributed by atoms with Gasteiger partial charge >= 0.3 is 0 Å². The normalized spacial score (nSPS) is 10.8. The third-order valence-electron chi connectivity index (χ3n) is 2.04. The molecule has 0 bridgehead atoms. The number of fused-ring (bicyclic) bond motifs is 1. The SMILES string of the molecule is CCc1cc2ncc(C)cc2[nH]1. The summed E-state index contributed by atoms with van der Waals surface area (Å²) in [5, 5.41) is 0. The molecule has 62 valence electrons. The van der Waals surface area contributed by atoms with E-state index in [2.05, 4.69) is 35.9 Å². The Balaban J connectivity index is 2.67. The van der Waals surface area contributed by atoms with E-state index in [9.17, 15) is 0 Å². The summed E-state index contributed by atoms with van der Waals surface area (Å²) in [6, 6.07) is 4.23. The molecular formula is C10H12N2. The van der Waals surface area contributed by atoms with Crippen LogP contribution in [0.5, 0.6) is 0 Å². The molecule has 0 saturated carbocycles. The first-order valence-corrected chi connectivity index (χ1v) is 4.24. The summed E-state index contributed by atoms with van der Waals surface area (Å²) in [4.78, 5) is 7.64. The summed E-state index contributed by atoms with van der Waals surface area (Å²) >= 11 is 0. The monoisotopic (exact) mass is 160 g/mol. The molecule has 0 fully saturated rings. The molecule has 0 aliphatic rings. The molecule has 0 aliphatic heterocycles. The number of aromatic nitrogens is 2. The fourth-order valence-electron chi connectivity index (χ4n) is 1.36. The number of aromatic amines is 1. The molecule has 1 N–H and O–H groups in total.